The Morgan fingerprint density at radius 2 is 2.06 bits per heavy atom. The molecule has 3 nitrogen and oxygen atoms in total. The molecule has 1 N–H and O–H groups in total. The summed E-state index contributed by atoms with van der Waals surface area (Å²) < 4.78 is 0. The van der Waals surface area contributed by atoms with Gasteiger partial charge in [-0.3, -0.25) is 4.79 Å². The zero-order valence-corrected chi connectivity index (χ0v) is 10.4. The van der Waals surface area contributed by atoms with Gasteiger partial charge in [0.15, 0.2) is 0 Å². The molecule has 1 aliphatic heterocycles. The summed E-state index contributed by atoms with van der Waals surface area (Å²) >= 11 is 0. The topological polar surface area (TPSA) is 32.3 Å². The van der Waals surface area contributed by atoms with Gasteiger partial charge in [0, 0.05) is 26.2 Å². The van der Waals surface area contributed by atoms with Gasteiger partial charge in [-0.2, -0.15) is 0 Å². The highest BCUT2D eigenvalue weighted by Gasteiger charge is 2.28. The van der Waals surface area contributed by atoms with Crippen LogP contribution in [-0.2, 0) is 11.2 Å². The van der Waals surface area contributed by atoms with E-state index in [0.717, 1.165) is 32.6 Å². The minimum atomic E-state index is 0.214. The van der Waals surface area contributed by atoms with Gasteiger partial charge in [0.1, 0.15) is 0 Å². The third kappa shape index (κ3) is 3.07. The van der Waals surface area contributed by atoms with Crippen LogP contribution in [0.1, 0.15) is 12.5 Å². The molecule has 0 spiro atoms. The fourth-order valence-corrected chi connectivity index (χ4v) is 2.05. The van der Waals surface area contributed by atoms with Crippen LogP contribution in [0, 0.1) is 5.92 Å². The van der Waals surface area contributed by atoms with Crippen LogP contribution in [0.15, 0.2) is 30.3 Å². The third-order valence-corrected chi connectivity index (χ3v) is 3.34. The van der Waals surface area contributed by atoms with Crippen molar-refractivity contribution in [2.45, 2.75) is 13.3 Å². The lowest BCUT2D eigenvalue weighted by molar-refractivity contribution is -0.136. The zero-order valence-electron chi connectivity index (χ0n) is 10.4. The quantitative estimate of drug-likeness (QED) is 0.830. The number of likely N-dealkylation sites (N-methyl/N-ethyl adjacent to an activating group) is 1. The van der Waals surface area contributed by atoms with E-state index in [1.165, 1.54) is 5.56 Å². The number of amides is 1. The Balaban J connectivity index is 1.85. The number of benzene rings is 1. The minimum absolute atomic E-state index is 0.214. The molecule has 0 radical (unpaired) electrons. The van der Waals surface area contributed by atoms with Gasteiger partial charge in [-0.15, -0.1) is 0 Å². The summed E-state index contributed by atoms with van der Waals surface area (Å²) in [4.78, 5) is 14.0. The Labute approximate surface area is 103 Å². The standard InChI is InChI=1S/C14H20N2O/c1-2-16(14(17)13-10-15-11-13)9-8-12-6-4-3-5-7-12/h3-7,13,15H,2,8-11H2,1H3. The van der Waals surface area contributed by atoms with Gasteiger partial charge in [-0.1, -0.05) is 30.3 Å². The van der Waals surface area contributed by atoms with E-state index < -0.39 is 0 Å². The van der Waals surface area contributed by atoms with Gasteiger partial charge < -0.3 is 10.2 Å². The molecule has 2 rings (SSSR count). The normalized spacial score (nSPS) is 15.4. The van der Waals surface area contributed by atoms with Crippen molar-refractivity contribution < 1.29 is 4.79 Å². The molecule has 17 heavy (non-hydrogen) atoms. The van der Waals surface area contributed by atoms with Gasteiger partial charge in [0.05, 0.1) is 5.92 Å². The van der Waals surface area contributed by atoms with Crippen molar-refractivity contribution in [3.05, 3.63) is 35.9 Å². The van der Waals surface area contributed by atoms with Crippen LogP contribution in [0.4, 0.5) is 0 Å². The molecule has 1 aromatic carbocycles. The number of hydrogen-bond donors (Lipinski definition) is 1. The maximum atomic E-state index is 12.1. The van der Waals surface area contributed by atoms with E-state index in [0.29, 0.717) is 5.91 Å². The van der Waals surface area contributed by atoms with Crippen molar-refractivity contribution in [2.24, 2.45) is 5.92 Å². The number of nitrogens with one attached hydrogen (secondary N) is 1. The molecule has 92 valence electrons. The lowest BCUT2D eigenvalue weighted by Gasteiger charge is -2.31. The van der Waals surface area contributed by atoms with Gasteiger partial charge in [-0.05, 0) is 18.9 Å². The zero-order chi connectivity index (χ0) is 12.1. The van der Waals surface area contributed by atoms with Crippen LogP contribution in [-0.4, -0.2) is 37.0 Å². The van der Waals surface area contributed by atoms with E-state index >= 15 is 0 Å². The maximum Gasteiger partial charge on any atom is 0.228 e. The fraction of sp³-hybridized carbons (Fsp3) is 0.500. The second-order valence-electron chi connectivity index (χ2n) is 4.51. The van der Waals surface area contributed by atoms with Crippen LogP contribution in [0.5, 0.6) is 0 Å². The summed E-state index contributed by atoms with van der Waals surface area (Å²) in [5.41, 5.74) is 1.30. The van der Waals surface area contributed by atoms with Gasteiger partial charge >= 0.3 is 0 Å². The fourth-order valence-electron chi connectivity index (χ4n) is 2.05. The van der Waals surface area contributed by atoms with Crippen LogP contribution < -0.4 is 5.32 Å². The summed E-state index contributed by atoms with van der Waals surface area (Å²) in [7, 11) is 0. The number of carbonyl (C=O) groups excluding carboxylic acids is 1. The minimum Gasteiger partial charge on any atom is -0.342 e. The molecule has 0 saturated carbocycles. The number of nitrogens with zero attached hydrogens (tertiary/aromatic N) is 1. The predicted molar refractivity (Wildman–Crippen MR) is 68.8 cm³/mol. The highest BCUT2D eigenvalue weighted by molar-refractivity contribution is 5.80. The van der Waals surface area contributed by atoms with Crippen molar-refractivity contribution >= 4 is 5.91 Å². The third-order valence-electron chi connectivity index (χ3n) is 3.34. The van der Waals surface area contributed by atoms with Crippen molar-refractivity contribution in [1.82, 2.24) is 10.2 Å². The summed E-state index contributed by atoms with van der Waals surface area (Å²) in [6.07, 6.45) is 0.945. The highest BCUT2D eigenvalue weighted by atomic mass is 16.2. The predicted octanol–water partition coefficient (Wildman–Crippen LogP) is 1.30. The lowest BCUT2D eigenvalue weighted by atomic mass is 10.0. The monoisotopic (exact) mass is 232 g/mol. The molecular formula is C14H20N2O. The van der Waals surface area contributed by atoms with Gasteiger partial charge in [0.25, 0.3) is 0 Å². The highest BCUT2D eigenvalue weighted by Crippen LogP contribution is 2.09. The van der Waals surface area contributed by atoms with Crippen molar-refractivity contribution in [3.63, 3.8) is 0 Å². The largest absolute Gasteiger partial charge is 0.342 e. The first-order valence-electron chi connectivity index (χ1n) is 6.34. The van der Waals surface area contributed by atoms with Crippen LogP contribution >= 0.6 is 0 Å². The van der Waals surface area contributed by atoms with Gasteiger partial charge in [0.2, 0.25) is 5.91 Å². The Morgan fingerprint density at radius 3 is 2.59 bits per heavy atom. The molecule has 0 bridgehead atoms. The molecule has 1 fully saturated rings. The Morgan fingerprint density at radius 1 is 1.35 bits per heavy atom. The summed E-state index contributed by atoms with van der Waals surface area (Å²) in [6, 6.07) is 10.3. The second-order valence-corrected chi connectivity index (χ2v) is 4.51. The van der Waals surface area contributed by atoms with Crippen LogP contribution in [0.3, 0.4) is 0 Å². The molecule has 0 aromatic heterocycles. The first-order valence-corrected chi connectivity index (χ1v) is 6.34. The van der Waals surface area contributed by atoms with Gasteiger partial charge in [-0.25, -0.2) is 0 Å². The van der Waals surface area contributed by atoms with Crippen molar-refractivity contribution in [3.8, 4) is 0 Å². The summed E-state index contributed by atoms with van der Waals surface area (Å²) in [5.74, 6) is 0.521. The van der Waals surface area contributed by atoms with Crippen LogP contribution in [0.25, 0.3) is 0 Å². The second kappa shape index (κ2) is 5.82. The molecule has 0 atom stereocenters. The Hall–Kier alpha value is -1.35. The first kappa shape index (κ1) is 12.1. The SMILES string of the molecule is CCN(CCc1ccccc1)C(=O)C1CNC1. The van der Waals surface area contributed by atoms with E-state index in [9.17, 15) is 4.79 Å². The van der Waals surface area contributed by atoms with E-state index in [1.807, 2.05) is 23.1 Å². The molecule has 0 unspecified atom stereocenters. The first-order chi connectivity index (χ1) is 8.31. The Kier molecular flexibility index (Phi) is 4.15. The Bertz CT molecular complexity index is 360. The molecule has 1 aliphatic rings. The van der Waals surface area contributed by atoms with Crippen LogP contribution in [0.2, 0.25) is 0 Å². The number of hydrogen-bond acceptors (Lipinski definition) is 2. The molecule has 3 heteroatoms. The molecular weight excluding hydrogens is 212 g/mol. The number of carbonyl (C=O) groups is 1. The maximum absolute atomic E-state index is 12.1. The summed E-state index contributed by atoms with van der Waals surface area (Å²) in [6.45, 7) is 5.38. The van der Waals surface area contributed by atoms with E-state index in [4.69, 9.17) is 0 Å². The molecule has 1 amide bonds. The van der Waals surface area contributed by atoms with E-state index in [1.54, 1.807) is 0 Å². The molecule has 1 saturated heterocycles. The van der Waals surface area contributed by atoms with Crippen molar-refractivity contribution in [2.75, 3.05) is 26.2 Å². The van der Waals surface area contributed by atoms with Crippen molar-refractivity contribution in [1.29, 1.82) is 0 Å². The van der Waals surface area contributed by atoms with E-state index in [-0.39, 0.29) is 5.92 Å². The summed E-state index contributed by atoms with van der Waals surface area (Å²) in [5, 5.41) is 3.15. The molecule has 1 aromatic rings. The van der Waals surface area contributed by atoms with E-state index in [2.05, 4.69) is 24.4 Å². The number of rotatable bonds is 5. The molecule has 1 heterocycles. The molecule has 0 aliphatic carbocycles. The average molecular weight is 232 g/mol. The lowest BCUT2D eigenvalue weighted by Crippen LogP contribution is -2.52. The average Bonchev–Trinajstić information content (AvgIpc) is 2.29. The smallest absolute Gasteiger partial charge is 0.228 e.